The summed E-state index contributed by atoms with van der Waals surface area (Å²) in [5.41, 5.74) is 0.272. The molecule has 0 saturated heterocycles. The van der Waals surface area contributed by atoms with E-state index >= 15 is 0 Å². The fourth-order valence-corrected chi connectivity index (χ4v) is 3.82. The van der Waals surface area contributed by atoms with Gasteiger partial charge in [-0.1, -0.05) is 6.07 Å². The predicted octanol–water partition coefficient (Wildman–Crippen LogP) is 2.15. The third-order valence-corrected chi connectivity index (χ3v) is 5.50. The summed E-state index contributed by atoms with van der Waals surface area (Å²) in [6.45, 7) is 0.321. The third-order valence-electron chi connectivity index (χ3n) is 5.50. The first kappa shape index (κ1) is 22.8. The molecule has 0 atom stereocenters. The molecular formula is C24H23FN4O5. The zero-order valence-electron chi connectivity index (χ0n) is 18.8. The Morgan fingerprint density at radius 1 is 1.06 bits per heavy atom. The molecule has 1 amide bonds. The Bertz CT molecular complexity index is 1480. The quantitative estimate of drug-likeness (QED) is 0.434. The zero-order valence-corrected chi connectivity index (χ0v) is 18.8. The average Bonchev–Trinajstić information content (AvgIpc) is 3.16. The average molecular weight is 466 g/mol. The van der Waals surface area contributed by atoms with Crippen LogP contribution < -0.4 is 26.0 Å². The Balaban J connectivity index is 1.59. The van der Waals surface area contributed by atoms with E-state index in [0.29, 0.717) is 24.5 Å². The number of hydrogen-bond donors (Lipinski definition) is 2. The molecule has 2 N–H and O–H groups in total. The highest BCUT2D eigenvalue weighted by Gasteiger charge is 2.20. The van der Waals surface area contributed by atoms with Crippen LogP contribution in [0.1, 0.15) is 15.9 Å². The van der Waals surface area contributed by atoms with Crippen LogP contribution in [-0.4, -0.2) is 40.8 Å². The number of halogens is 1. The van der Waals surface area contributed by atoms with Crippen molar-refractivity contribution in [2.24, 2.45) is 7.05 Å². The van der Waals surface area contributed by atoms with Gasteiger partial charge in [-0.3, -0.25) is 9.59 Å². The van der Waals surface area contributed by atoms with Gasteiger partial charge in [-0.05, 0) is 48.4 Å². The van der Waals surface area contributed by atoms with E-state index in [0.717, 1.165) is 22.3 Å². The molecule has 0 aliphatic rings. The first-order valence-electron chi connectivity index (χ1n) is 10.4. The molecule has 0 unspecified atom stereocenters. The molecule has 0 fully saturated rings. The lowest BCUT2D eigenvalue weighted by Gasteiger charge is -2.10. The molecule has 2 heterocycles. The molecular weight excluding hydrogens is 443 g/mol. The van der Waals surface area contributed by atoms with Crippen molar-refractivity contribution in [2.75, 3.05) is 20.8 Å². The minimum atomic E-state index is -0.727. The number of aryl methyl sites for hydroxylation is 1. The molecule has 34 heavy (non-hydrogen) atoms. The lowest BCUT2D eigenvalue weighted by atomic mass is 10.1. The third kappa shape index (κ3) is 4.17. The van der Waals surface area contributed by atoms with Crippen LogP contribution in [0.15, 0.2) is 58.3 Å². The largest absolute Gasteiger partial charge is 0.493 e. The van der Waals surface area contributed by atoms with Crippen LogP contribution in [0.25, 0.3) is 16.7 Å². The van der Waals surface area contributed by atoms with Crippen LogP contribution in [-0.2, 0) is 13.5 Å². The van der Waals surface area contributed by atoms with E-state index in [1.54, 1.807) is 27.3 Å². The van der Waals surface area contributed by atoms with E-state index in [9.17, 15) is 18.8 Å². The van der Waals surface area contributed by atoms with Gasteiger partial charge in [0.2, 0.25) is 0 Å². The first-order chi connectivity index (χ1) is 16.3. The van der Waals surface area contributed by atoms with Gasteiger partial charge in [0, 0.05) is 19.8 Å². The summed E-state index contributed by atoms with van der Waals surface area (Å²) in [6.07, 6.45) is 2.02. The van der Waals surface area contributed by atoms with Gasteiger partial charge in [0.1, 0.15) is 11.3 Å². The van der Waals surface area contributed by atoms with Crippen molar-refractivity contribution in [3.63, 3.8) is 0 Å². The fourth-order valence-electron chi connectivity index (χ4n) is 3.82. The molecule has 176 valence electrons. The van der Waals surface area contributed by atoms with Gasteiger partial charge in [-0.2, -0.15) is 0 Å². The van der Waals surface area contributed by atoms with Crippen LogP contribution in [0.5, 0.6) is 11.5 Å². The second kappa shape index (κ2) is 9.26. The Morgan fingerprint density at radius 2 is 1.76 bits per heavy atom. The fraction of sp³-hybridized carbons (Fsp3) is 0.208. The summed E-state index contributed by atoms with van der Waals surface area (Å²) in [5, 5.41) is 2.81. The highest BCUT2D eigenvalue weighted by Crippen LogP contribution is 2.27. The molecule has 10 heteroatoms. The van der Waals surface area contributed by atoms with Gasteiger partial charge in [0.25, 0.3) is 11.5 Å². The molecule has 0 saturated carbocycles. The van der Waals surface area contributed by atoms with E-state index in [2.05, 4.69) is 10.3 Å². The molecule has 0 radical (unpaired) electrons. The molecule has 0 bridgehead atoms. The smallest absolute Gasteiger partial charge is 0.333 e. The highest BCUT2D eigenvalue weighted by molar-refractivity contribution is 6.05. The number of aromatic nitrogens is 3. The normalized spacial score (nSPS) is 10.9. The van der Waals surface area contributed by atoms with Gasteiger partial charge < -0.3 is 24.3 Å². The Kier molecular flexibility index (Phi) is 6.22. The van der Waals surface area contributed by atoms with E-state index in [-0.39, 0.29) is 22.3 Å². The summed E-state index contributed by atoms with van der Waals surface area (Å²) in [7, 11) is 4.72. The van der Waals surface area contributed by atoms with E-state index < -0.39 is 23.0 Å². The number of rotatable bonds is 7. The van der Waals surface area contributed by atoms with Crippen molar-refractivity contribution in [3.8, 4) is 17.2 Å². The molecule has 2 aromatic heterocycles. The maximum Gasteiger partial charge on any atom is 0.333 e. The molecule has 2 aromatic carbocycles. The van der Waals surface area contributed by atoms with Crippen molar-refractivity contribution < 1.29 is 18.7 Å². The number of nitrogens with one attached hydrogen (secondary N) is 2. The molecule has 4 rings (SSSR count). The highest BCUT2D eigenvalue weighted by atomic mass is 19.1. The summed E-state index contributed by atoms with van der Waals surface area (Å²) >= 11 is 0. The van der Waals surface area contributed by atoms with Crippen LogP contribution in [0.4, 0.5) is 4.39 Å². The minimum Gasteiger partial charge on any atom is -0.493 e. The number of nitrogens with zero attached hydrogens (tertiary/aromatic N) is 2. The number of fused-ring (bicyclic) bond motifs is 1. The van der Waals surface area contributed by atoms with Gasteiger partial charge in [0.15, 0.2) is 11.5 Å². The molecule has 0 spiro atoms. The van der Waals surface area contributed by atoms with Crippen molar-refractivity contribution in [1.82, 2.24) is 19.4 Å². The Hall–Kier alpha value is -4.34. The number of carbonyl (C=O) groups is 1. The standard InChI is InChI=1S/C24H23FN4O5/c1-28-13-17(22(30)26-11-10-14-4-9-18(33-2)19(12-14)34-3)20-21(28)23(31)29(24(32)27-20)16-7-5-15(25)6-8-16/h4-9,12-13H,10-11H2,1-3H3,(H,26,30)(H,27,32). The molecule has 0 aliphatic carbocycles. The van der Waals surface area contributed by atoms with E-state index in [1.165, 1.54) is 22.9 Å². The number of H-pyrrole nitrogens is 1. The summed E-state index contributed by atoms with van der Waals surface area (Å²) in [4.78, 5) is 41.2. The lowest BCUT2D eigenvalue weighted by molar-refractivity contribution is 0.0955. The number of amides is 1. The monoisotopic (exact) mass is 466 g/mol. The van der Waals surface area contributed by atoms with Crippen LogP contribution in [0.3, 0.4) is 0 Å². The Labute approximate surface area is 193 Å². The topological polar surface area (TPSA) is 107 Å². The number of hydrogen-bond acceptors (Lipinski definition) is 5. The number of methoxy groups -OCH3 is 2. The van der Waals surface area contributed by atoms with E-state index in [1.807, 2.05) is 12.1 Å². The number of carbonyl (C=O) groups excluding carboxylic acids is 1. The molecule has 9 nitrogen and oxygen atoms in total. The molecule has 0 aliphatic heterocycles. The summed E-state index contributed by atoms with van der Waals surface area (Å²) in [6, 6.07) is 10.5. The van der Waals surface area contributed by atoms with Gasteiger partial charge in [0.05, 0.1) is 31.0 Å². The number of ether oxygens (including phenoxy) is 2. The van der Waals surface area contributed by atoms with Crippen molar-refractivity contribution >= 4 is 16.9 Å². The number of benzene rings is 2. The Morgan fingerprint density at radius 3 is 2.44 bits per heavy atom. The SMILES string of the molecule is COc1ccc(CCNC(=O)c2cn(C)c3c(=O)n(-c4ccc(F)cc4)c(=O)[nH]c23)cc1OC. The second-order valence-corrected chi connectivity index (χ2v) is 7.62. The minimum absolute atomic E-state index is 0.138. The van der Waals surface area contributed by atoms with Crippen molar-refractivity contribution in [2.45, 2.75) is 6.42 Å². The predicted molar refractivity (Wildman–Crippen MR) is 125 cm³/mol. The maximum atomic E-state index is 13.3. The van der Waals surface area contributed by atoms with Gasteiger partial charge in [-0.15, -0.1) is 0 Å². The van der Waals surface area contributed by atoms with Crippen LogP contribution >= 0.6 is 0 Å². The first-order valence-corrected chi connectivity index (χ1v) is 10.4. The van der Waals surface area contributed by atoms with Crippen molar-refractivity contribution in [1.29, 1.82) is 0 Å². The zero-order chi connectivity index (χ0) is 24.4. The van der Waals surface area contributed by atoms with Gasteiger partial charge in [-0.25, -0.2) is 13.8 Å². The van der Waals surface area contributed by atoms with Crippen LogP contribution in [0, 0.1) is 5.82 Å². The van der Waals surface area contributed by atoms with E-state index in [4.69, 9.17) is 9.47 Å². The van der Waals surface area contributed by atoms with Crippen LogP contribution in [0.2, 0.25) is 0 Å². The van der Waals surface area contributed by atoms with Crippen molar-refractivity contribution in [3.05, 3.63) is 86.4 Å². The molecule has 4 aromatic rings. The number of aromatic amines is 1. The second-order valence-electron chi connectivity index (χ2n) is 7.62. The summed E-state index contributed by atoms with van der Waals surface area (Å²) < 4.78 is 26.2. The maximum absolute atomic E-state index is 13.3. The summed E-state index contributed by atoms with van der Waals surface area (Å²) in [5.74, 6) is 0.289. The lowest BCUT2D eigenvalue weighted by Crippen LogP contribution is -2.34. The van der Waals surface area contributed by atoms with Gasteiger partial charge >= 0.3 is 5.69 Å².